The average molecular weight is 304 g/mol. The van der Waals surface area contributed by atoms with Crippen molar-refractivity contribution in [3.63, 3.8) is 0 Å². The Kier molecular flexibility index (Phi) is 6.83. The monoisotopic (exact) mass is 303 g/mol. The Balaban J connectivity index is 2.44. The zero-order chi connectivity index (χ0) is 14.3. The predicted octanol–water partition coefficient (Wildman–Crippen LogP) is 3.28. The highest BCUT2D eigenvalue weighted by Crippen LogP contribution is 2.18. The minimum absolute atomic E-state index is 0.187. The second kappa shape index (κ2) is 7.88. The number of nitrogens with one attached hydrogen (secondary N) is 1. The van der Waals surface area contributed by atoms with Crippen LogP contribution in [0.4, 0.5) is 0 Å². The van der Waals surface area contributed by atoms with Gasteiger partial charge in [-0.2, -0.15) is 0 Å². The van der Waals surface area contributed by atoms with Crippen LogP contribution in [-0.4, -0.2) is 26.8 Å². The minimum atomic E-state index is -3.20. The number of rotatable bonds is 8. The van der Waals surface area contributed by atoms with Crippen LogP contribution in [0.15, 0.2) is 29.2 Å². The van der Waals surface area contributed by atoms with E-state index in [4.69, 9.17) is 11.6 Å². The molecule has 1 aromatic rings. The molecule has 1 atom stereocenters. The summed E-state index contributed by atoms with van der Waals surface area (Å²) in [6.45, 7) is 5.14. The number of hydrogen-bond donors (Lipinski definition) is 1. The molecular formula is C14H22ClNO2S. The maximum absolute atomic E-state index is 12.1. The summed E-state index contributed by atoms with van der Waals surface area (Å²) in [7, 11) is -3.20. The molecule has 0 heterocycles. The van der Waals surface area contributed by atoms with E-state index in [-0.39, 0.29) is 5.75 Å². The molecule has 0 spiro atoms. The fourth-order valence-corrected chi connectivity index (χ4v) is 3.64. The molecule has 19 heavy (non-hydrogen) atoms. The summed E-state index contributed by atoms with van der Waals surface area (Å²) in [5.41, 5.74) is 0. The molecule has 0 bridgehead atoms. The molecule has 0 aromatic heterocycles. The van der Waals surface area contributed by atoms with Crippen LogP contribution >= 0.6 is 11.6 Å². The standard InChI is InChI=1S/C14H22ClNO2S/c1-3-16-12(2)7-4-5-10-19(17,18)14-9-6-8-13(15)11-14/h6,8-9,11-12,16H,3-5,7,10H2,1-2H3. The molecule has 0 fully saturated rings. The fraction of sp³-hybridized carbons (Fsp3) is 0.571. The second-order valence-electron chi connectivity index (χ2n) is 4.73. The number of halogens is 1. The van der Waals surface area contributed by atoms with Crippen molar-refractivity contribution in [2.75, 3.05) is 12.3 Å². The maximum atomic E-state index is 12.1. The molecule has 0 aliphatic rings. The van der Waals surface area contributed by atoms with Crippen molar-refractivity contribution in [1.82, 2.24) is 5.32 Å². The first kappa shape index (κ1) is 16.5. The van der Waals surface area contributed by atoms with Gasteiger partial charge >= 0.3 is 0 Å². The van der Waals surface area contributed by atoms with Crippen LogP contribution in [0.2, 0.25) is 5.02 Å². The molecule has 0 saturated heterocycles. The van der Waals surface area contributed by atoms with Gasteiger partial charge in [-0.25, -0.2) is 8.42 Å². The van der Waals surface area contributed by atoms with Gasteiger partial charge in [0.05, 0.1) is 10.6 Å². The van der Waals surface area contributed by atoms with Gasteiger partial charge in [0.2, 0.25) is 0 Å². The highest BCUT2D eigenvalue weighted by atomic mass is 35.5. The smallest absolute Gasteiger partial charge is 0.178 e. The Hall–Kier alpha value is -0.580. The Bertz CT molecular complexity index is 488. The summed E-state index contributed by atoms with van der Waals surface area (Å²) < 4.78 is 24.2. The molecular weight excluding hydrogens is 282 g/mol. The largest absolute Gasteiger partial charge is 0.315 e. The van der Waals surface area contributed by atoms with Crippen molar-refractivity contribution in [2.45, 2.75) is 44.0 Å². The lowest BCUT2D eigenvalue weighted by molar-refractivity contribution is 0.507. The van der Waals surface area contributed by atoms with Crippen LogP contribution in [0.25, 0.3) is 0 Å². The van der Waals surface area contributed by atoms with E-state index in [0.29, 0.717) is 22.4 Å². The lowest BCUT2D eigenvalue weighted by Gasteiger charge is -2.11. The van der Waals surface area contributed by atoms with E-state index >= 15 is 0 Å². The Morgan fingerprint density at radius 1 is 1.32 bits per heavy atom. The maximum Gasteiger partial charge on any atom is 0.178 e. The zero-order valence-electron chi connectivity index (χ0n) is 11.5. The molecule has 1 unspecified atom stereocenters. The van der Waals surface area contributed by atoms with Gasteiger partial charge in [-0.15, -0.1) is 0 Å². The van der Waals surface area contributed by atoms with Crippen molar-refractivity contribution >= 4 is 21.4 Å². The topological polar surface area (TPSA) is 46.2 Å². The van der Waals surface area contributed by atoms with Crippen molar-refractivity contribution < 1.29 is 8.42 Å². The molecule has 5 heteroatoms. The molecule has 1 N–H and O–H groups in total. The normalized spacial score (nSPS) is 13.4. The minimum Gasteiger partial charge on any atom is -0.315 e. The first-order valence-corrected chi connectivity index (χ1v) is 8.70. The third kappa shape index (κ3) is 5.93. The van der Waals surface area contributed by atoms with Gasteiger partial charge in [0, 0.05) is 11.1 Å². The third-order valence-corrected chi connectivity index (χ3v) is 5.04. The van der Waals surface area contributed by atoms with E-state index in [1.54, 1.807) is 18.2 Å². The van der Waals surface area contributed by atoms with E-state index in [2.05, 4.69) is 19.2 Å². The summed E-state index contributed by atoms with van der Waals surface area (Å²) >= 11 is 5.82. The van der Waals surface area contributed by atoms with Crippen LogP contribution < -0.4 is 5.32 Å². The van der Waals surface area contributed by atoms with Crippen LogP contribution in [0.5, 0.6) is 0 Å². The van der Waals surface area contributed by atoms with Crippen molar-refractivity contribution in [1.29, 1.82) is 0 Å². The molecule has 3 nitrogen and oxygen atoms in total. The predicted molar refractivity (Wildman–Crippen MR) is 80.5 cm³/mol. The van der Waals surface area contributed by atoms with E-state index in [1.165, 1.54) is 6.07 Å². The number of unbranched alkanes of at least 4 members (excludes halogenated alkanes) is 1. The zero-order valence-corrected chi connectivity index (χ0v) is 13.1. The Morgan fingerprint density at radius 3 is 2.68 bits per heavy atom. The molecule has 1 rings (SSSR count). The Labute approximate surface area is 121 Å². The first-order chi connectivity index (χ1) is 8.95. The van der Waals surface area contributed by atoms with Crippen molar-refractivity contribution in [3.05, 3.63) is 29.3 Å². The first-order valence-electron chi connectivity index (χ1n) is 6.67. The van der Waals surface area contributed by atoms with Gasteiger partial charge in [0.25, 0.3) is 0 Å². The summed E-state index contributed by atoms with van der Waals surface area (Å²) in [6, 6.07) is 6.90. The Morgan fingerprint density at radius 2 is 2.05 bits per heavy atom. The highest BCUT2D eigenvalue weighted by molar-refractivity contribution is 7.91. The molecule has 0 aliphatic heterocycles. The SMILES string of the molecule is CCNC(C)CCCCS(=O)(=O)c1cccc(Cl)c1. The van der Waals surface area contributed by atoms with Crippen molar-refractivity contribution in [2.24, 2.45) is 0 Å². The number of hydrogen-bond acceptors (Lipinski definition) is 3. The van der Waals surface area contributed by atoms with Crippen molar-refractivity contribution in [3.8, 4) is 0 Å². The van der Waals surface area contributed by atoms with Gasteiger partial charge in [0.1, 0.15) is 0 Å². The van der Waals surface area contributed by atoms with Crippen LogP contribution in [0, 0.1) is 0 Å². The molecule has 0 aliphatic carbocycles. The third-order valence-electron chi connectivity index (χ3n) is 3.01. The number of sulfone groups is 1. The summed E-state index contributed by atoms with van der Waals surface area (Å²) in [5.74, 6) is 0.187. The van der Waals surface area contributed by atoms with E-state index < -0.39 is 9.84 Å². The molecule has 0 saturated carbocycles. The molecule has 1 aromatic carbocycles. The van der Waals surface area contributed by atoms with E-state index in [1.807, 2.05) is 0 Å². The summed E-state index contributed by atoms with van der Waals surface area (Å²) in [5, 5.41) is 3.78. The molecule has 0 amide bonds. The molecule has 0 radical (unpaired) electrons. The fourth-order valence-electron chi connectivity index (χ4n) is 1.97. The lowest BCUT2D eigenvalue weighted by Crippen LogP contribution is -2.25. The van der Waals surface area contributed by atoms with Gasteiger partial charge in [-0.3, -0.25) is 0 Å². The van der Waals surface area contributed by atoms with E-state index in [0.717, 1.165) is 19.4 Å². The quantitative estimate of drug-likeness (QED) is 0.750. The van der Waals surface area contributed by atoms with Gasteiger partial charge in [-0.05, 0) is 44.5 Å². The lowest BCUT2D eigenvalue weighted by atomic mass is 10.1. The van der Waals surface area contributed by atoms with Crippen LogP contribution in [0.1, 0.15) is 33.1 Å². The molecule has 108 valence electrons. The van der Waals surface area contributed by atoms with Gasteiger partial charge in [0.15, 0.2) is 9.84 Å². The second-order valence-corrected chi connectivity index (χ2v) is 7.28. The van der Waals surface area contributed by atoms with Gasteiger partial charge < -0.3 is 5.32 Å². The summed E-state index contributed by atoms with van der Waals surface area (Å²) in [6.07, 6.45) is 2.59. The average Bonchev–Trinajstić information content (AvgIpc) is 2.35. The van der Waals surface area contributed by atoms with E-state index in [9.17, 15) is 8.42 Å². The van der Waals surface area contributed by atoms with Gasteiger partial charge in [-0.1, -0.05) is 31.0 Å². The highest BCUT2D eigenvalue weighted by Gasteiger charge is 2.14. The summed E-state index contributed by atoms with van der Waals surface area (Å²) in [4.78, 5) is 0.319. The van der Waals surface area contributed by atoms with Crippen LogP contribution in [-0.2, 0) is 9.84 Å². The number of benzene rings is 1. The van der Waals surface area contributed by atoms with Crippen LogP contribution in [0.3, 0.4) is 0 Å².